The molecule has 2 N–H and O–H groups in total. The zero-order valence-electron chi connectivity index (χ0n) is 13.2. The van der Waals surface area contributed by atoms with Gasteiger partial charge in [0.15, 0.2) is 0 Å². The predicted octanol–water partition coefficient (Wildman–Crippen LogP) is 3.74. The van der Waals surface area contributed by atoms with Crippen LogP contribution < -0.4 is 5.73 Å². The molecule has 1 saturated heterocycles. The first-order valence-electron chi connectivity index (χ1n) is 7.79. The average Bonchev–Trinajstić information content (AvgIpc) is 2.56. The first-order valence-corrected chi connectivity index (χ1v) is 7.79. The summed E-state index contributed by atoms with van der Waals surface area (Å²) in [4.78, 5) is 14.3. The van der Waals surface area contributed by atoms with Crippen molar-refractivity contribution in [3.05, 3.63) is 47.8 Å². The average molecular weight is 337 g/mol. The maximum atomic E-state index is 14.6. The van der Waals surface area contributed by atoms with Crippen molar-refractivity contribution >= 4 is 29.1 Å². The third-order valence-electron chi connectivity index (χ3n) is 4.84. The van der Waals surface area contributed by atoms with Crippen molar-refractivity contribution in [2.24, 2.45) is 5.73 Å². The Bertz CT molecular complexity index is 711. The van der Waals surface area contributed by atoms with Crippen molar-refractivity contribution in [3.8, 4) is 0 Å². The monoisotopic (exact) mass is 336 g/mol. The summed E-state index contributed by atoms with van der Waals surface area (Å²) in [5.74, 6) is -0.662. The zero-order valence-corrected chi connectivity index (χ0v) is 14.0. The van der Waals surface area contributed by atoms with Gasteiger partial charge >= 0.3 is 0 Å². The van der Waals surface area contributed by atoms with Gasteiger partial charge in [0.2, 0.25) is 0 Å². The van der Waals surface area contributed by atoms with Gasteiger partial charge < -0.3 is 10.6 Å². The highest BCUT2D eigenvalue weighted by molar-refractivity contribution is 5.99. The van der Waals surface area contributed by atoms with Crippen LogP contribution in [0.2, 0.25) is 0 Å². The number of rotatable bonds is 2. The molecule has 124 valence electrons. The summed E-state index contributed by atoms with van der Waals surface area (Å²) in [5.41, 5.74) is 6.22. The fourth-order valence-corrected chi connectivity index (χ4v) is 3.08. The number of likely N-dealkylation sites (tertiary alicyclic amines) is 1. The maximum Gasteiger partial charge on any atom is 0.256 e. The van der Waals surface area contributed by atoms with E-state index >= 15 is 0 Å². The lowest BCUT2D eigenvalue weighted by atomic mass is 9.86. The van der Waals surface area contributed by atoms with E-state index in [2.05, 4.69) is 6.92 Å². The topological polar surface area (TPSA) is 46.3 Å². The molecule has 1 aliphatic heterocycles. The largest absolute Gasteiger partial charge is 0.338 e. The van der Waals surface area contributed by atoms with E-state index in [0.717, 1.165) is 24.6 Å². The van der Waals surface area contributed by atoms with Gasteiger partial charge in [-0.05, 0) is 30.7 Å². The molecule has 1 heterocycles. The standard InChI is InChI=1S/C18H21FN2O.ClH/c1-2-18(20)9-11-21(12-10-18)17(22)15-8-7-13-5-3-4-6-14(13)16(15)19;/h3-8H,2,9-12,20H2,1H3;1H. The van der Waals surface area contributed by atoms with Crippen LogP contribution in [0.5, 0.6) is 0 Å². The van der Waals surface area contributed by atoms with Gasteiger partial charge in [0.05, 0.1) is 5.56 Å². The lowest BCUT2D eigenvalue weighted by Crippen LogP contribution is -2.51. The van der Waals surface area contributed by atoms with Crippen LogP contribution in [-0.4, -0.2) is 29.4 Å². The number of carbonyl (C=O) groups is 1. The Morgan fingerprint density at radius 3 is 2.52 bits per heavy atom. The molecular weight excluding hydrogens is 315 g/mol. The number of carbonyl (C=O) groups excluding carboxylic acids is 1. The number of hydrogen-bond donors (Lipinski definition) is 1. The summed E-state index contributed by atoms with van der Waals surface area (Å²) in [6, 6.07) is 10.6. The second-order valence-electron chi connectivity index (χ2n) is 6.16. The zero-order chi connectivity index (χ0) is 15.7. The molecule has 0 aliphatic carbocycles. The summed E-state index contributed by atoms with van der Waals surface area (Å²) in [6.07, 6.45) is 2.44. The highest BCUT2D eigenvalue weighted by Crippen LogP contribution is 2.26. The molecule has 2 aromatic carbocycles. The molecule has 0 atom stereocenters. The van der Waals surface area contributed by atoms with Gasteiger partial charge in [0, 0.05) is 24.0 Å². The number of nitrogens with two attached hydrogens (primary N) is 1. The van der Waals surface area contributed by atoms with Crippen molar-refractivity contribution < 1.29 is 9.18 Å². The fourth-order valence-electron chi connectivity index (χ4n) is 3.08. The first kappa shape index (κ1) is 17.7. The summed E-state index contributed by atoms with van der Waals surface area (Å²) in [5, 5.41) is 1.30. The minimum Gasteiger partial charge on any atom is -0.338 e. The molecule has 1 fully saturated rings. The summed E-state index contributed by atoms with van der Waals surface area (Å²) in [7, 11) is 0. The molecule has 3 nitrogen and oxygen atoms in total. The number of nitrogens with zero attached hydrogens (tertiary/aromatic N) is 1. The van der Waals surface area contributed by atoms with E-state index in [-0.39, 0.29) is 29.4 Å². The van der Waals surface area contributed by atoms with Crippen LogP contribution in [0.4, 0.5) is 4.39 Å². The highest BCUT2D eigenvalue weighted by atomic mass is 35.5. The van der Waals surface area contributed by atoms with Gasteiger partial charge in [-0.2, -0.15) is 0 Å². The van der Waals surface area contributed by atoms with Crippen LogP contribution in [0.3, 0.4) is 0 Å². The molecule has 1 amide bonds. The van der Waals surface area contributed by atoms with Gasteiger partial charge in [-0.1, -0.05) is 37.3 Å². The second-order valence-corrected chi connectivity index (χ2v) is 6.16. The van der Waals surface area contributed by atoms with Crippen LogP contribution >= 0.6 is 12.4 Å². The number of hydrogen-bond acceptors (Lipinski definition) is 2. The Morgan fingerprint density at radius 1 is 1.22 bits per heavy atom. The van der Waals surface area contributed by atoms with E-state index in [9.17, 15) is 9.18 Å². The predicted molar refractivity (Wildman–Crippen MR) is 93.5 cm³/mol. The van der Waals surface area contributed by atoms with E-state index < -0.39 is 5.82 Å². The third kappa shape index (κ3) is 3.33. The van der Waals surface area contributed by atoms with Crippen LogP contribution in [0.25, 0.3) is 10.8 Å². The van der Waals surface area contributed by atoms with E-state index in [1.165, 1.54) is 0 Å². The van der Waals surface area contributed by atoms with Gasteiger partial charge in [0.1, 0.15) is 5.82 Å². The molecule has 1 aliphatic rings. The van der Waals surface area contributed by atoms with Crippen LogP contribution in [0.15, 0.2) is 36.4 Å². The quantitative estimate of drug-likeness (QED) is 0.908. The SMILES string of the molecule is CCC1(N)CCN(C(=O)c2ccc3ccccc3c2F)CC1.Cl. The summed E-state index contributed by atoms with van der Waals surface area (Å²) < 4.78 is 14.6. The molecule has 23 heavy (non-hydrogen) atoms. The van der Waals surface area contributed by atoms with Crippen molar-refractivity contribution in [2.75, 3.05) is 13.1 Å². The Labute approximate surface area is 142 Å². The Kier molecular flexibility index (Phi) is 5.27. The minimum atomic E-state index is -0.428. The van der Waals surface area contributed by atoms with Crippen LogP contribution in [-0.2, 0) is 0 Å². The summed E-state index contributed by atoms with van der Waals surface area (Å²) in [6.45, 7) is 3.26. The van der Waals surface area contributed by atoms with E-state index in [0.29, 0.717) is 18.5 Å². The van der Waals surface area contributed by atoms with Gasteiger partial charge in [-0.3, -0.25) is 4.79 Å². The fraction of sp³-hybridized carbons (Fsp3) is 0.389. The van der Waals surface area contributed by atoms with Crippen LogP contribution in [0.1, 0.15) is 36.5 Å². The molecule has 0 saturated carbocycles. The molecule has 0 radical (unpaired) electrons. The lowest BCUT2D eigenvalue weighted by molar-refractivity contribution is 0.0664. The smallest absolute Gasteiger partial charge is 0.256 e. The van der Waals surface area contributed by atoms with E-state index in [4.69, 9.17) is 5.73 Å². The normalized spacial score (nSPS) is 16.9. The highest BCUT2D eigenvalue weighted by Gasteiger charge is 2.32. The second kappa shape index (κ2) is 6.85. The van der Waals surface area contributed by atoms with Crippen molar-refractivity contribution in [1.82, 2.24) is 4.90 Å². The number of benzene rings is 2. The van der Waals surface area contributed by atoms with Crippen molar-refractivity contribution in [1.29, 1.82) is 0 Å². The van der Waals surface area contributed by atoms with E-state index in [1.807, 2.05) is 12.1 Å². The number of fused-ring (bicyclic) bond motifs is 1. The first-order chi connectivity index (χ1) is 10.5. The molecule has 2 aromatic rings. The molecule has 0 spiro atoms. The number of amides is 1. The number of halogens is 2. The molecule has 0 aromatic heterocycles. The Balaban J connectivity index is 0.00000192. The van der Waals surface area contributed by atoms with E-state index in [1.54, 1.807) is 29.2 Å². The lowest BCUT2D eigenvalue weighted by Gasteiger charge is -2.38. The Hall–Kier alpha value is -1.65. The Morgan fingerprint density at radius 2 is 1.87 bits per heavy atom. The van der Waals surface area contributed by atoms with Gasteiger partial charge in [-0.15, -0.1) is 12.4 Å². The maximum absolute atomic E-state index is 14.6. The third-order valence-corrected chi connectivity index (χ3v) is 4.84. The van der Waals surface area contributed by atoms with Crippen LogP contribution in [0, 0.1) is 5.82 Å². The summed E-state index contributed by atoms with van der Waals surface area (Å²) >= 11 is 0. The molecular formula is C18H22ClFN2O. The number of piperidine rings is 1. The molecule has 5 heteroatoms. The molecule has 3 rings (SSSR count). The minimum absolute atomic E-state index is 0. The van der Waals surface area contributed by atoms with Gasteiger partial charge in [0.25, 0.3) is 5.91 Å². The van der Waals surface area contributed by atoms with Gasteiger partial charge in [-0.25, -0.2) is 4.39 Å². The molecule has 0 bridgehead atoms. The van der Waals surface area contributed by atoms with Crippen molar-refractivity contribution in [3.63, 3.8) is 0 Å². The molecule has 0 unspecified atom stereocenters. The van der Waals surface area contributed by atoms with Crippen molar-refractivity contribution in [2.45, 2.75) is 31.7 Å².